The van der Waals surface area contributed by atoms with Crippen molar-refractivity contribution in [2.75, 3.05) is 11.4 Å². The summed E-state index contributed by atoms with van der Waals surface area (Å²) in [6.07, 6.45) is 9.99. The highest BCUT2D eigenvalue weighted by Gasteiger charge is 2.32. The molecule has 1 aliphatic heterocycles. The van der Waals surface area contributed by atoms with Crippen LogP contribution in [-0.2, 0) is 14.3 Å². The summed E-state index contributed by atoms with van der Waals surface area (Å²) in [5, 5.41) is 0. The quantitative estimate of drug-likeness (QED) is 0.305. The van der Waals surface area contributed by atoms with E-state index in [4.69, 9.17) is 9.47 Å². The van der Waals surface area contributed by atoms with Crippen LogP contribution in [0.15, 0.2) is 24.3 Å². The second kappa shape index (κ2) is 12.0. The van der Waals surface area contributed by atoms with Crippen molar-refractivity contribution in [2.24, 2.45) is 0 Å². The van der Waals surface area contributed by atoms with Crippen LogP contribution < -0.4 is 4.90 Å². The van der Waals surface area contributed by atoms with Crippen molar-refractivity contribution >= 4 is 17.7 Å². The number of unbranched alkanes of at least 4 members (excludes halogenated alkanes) is 7. The first kappa shape index (κ1) is 24.2. The first-order valence-corrected chi connectivity index (χ1v) is 11.6. The molecule has 168 valence electrons. The number of para-hydroxylation sites is 1. The Bertz CT molecular complexity index is 680. The van der Waals surface area contributed by atoms with Gasteiger partial charge in [0.25, 0.3) is 0 Å². The number of carbonyl (C=O) groups is 2. The van der Waals surface area contributed by atoms with E-state index < -0.39 is 5.60 Å². The lowest BCUT2D eigenvalue weighted by Gasteiger charge is -2.35. The van der Waals surface area contributed by atoms with E-state index in [0.717, 1.165) is 24.1 Å². The van der Waals surface area contributed by atoms with Crippen LogP contribution in [0.4, 0.5) is 10.5 Å². The number of anilines is 1. The van der Waals surface area contributed by atoms with Gasteiger partial charge in [0.05, 0.1) is 5.69 Å². The Morgan fingerprint density at radius 3 is 2.30 bits per heavy atom. The maximum absolute atomic E-state index is 12.6. The molecule has 1 aromatic carbocycles. The summed E-state index contributed by atoms with van der Waals surface area (Å²) in [5.74, 6) is -0.147. The van der Waals surface area contributed by atoms with Gasteiger partial charge in [0.1, 0.15) is 11.7 Å². The Balaban J connectivity index is 1.83. The number of hydrogen-bond donors (Lipinski definition) is 0. The molecule has 0 fully saturated rings. The van der Waals surface area contributed by atoms with Crippen LogP contribution in [0, 0.1) is 0 Å². The summed E-state index contributed by atoms with van der Waals surface area (Å²) in [5.41, 5.74) is 1.09. The van der Waals surface area contributed by atoms with Crippen molar-refractivity contribution in [1.82, 2.24) is 0 Å². The van der Waals surface area contributed by atoms with Crippen LogP contribution in [0.2, 0.25) is 0 Å². The van der Waals surface area contributed by atoms with Gasteiger partial charge in [-0.05, 0) is 33.3 Å². The molecule has 0 unspecified atom stereocenters. The third-order valence-electron chi connectivity index (χ3n) is 5.31. The predicted molar refractivity (Wildman–Crippen MR) is 121 cm³/mol. The van der Waals surface area contributed by atoms with Gasteiger partial charge in [0.2, 0.25) is 0 Å². The van der Waals surface area contributed by atoms with Gasteiger partial charge in [-0.1, -0.05) is 70.1 Å². The van der Waals surface area contributed by atoms with Crippen LogP contribution in [-0.4, -0.2) is 24.2 Å². The molecular weight excluding hydrogens is 378 g/mol. The summed E-state index contributed by atoms with van der Waals surface area (Å²) in [6.45, 7) is 8.27. The number of fused-ring (bicyclic) bond motifs is 1. The number of esters is 1. The molecule has 0 aliphatic carbocycles. The van der Waals surface area contributed by atoms with Crippen molar-refractivity contribution < 1.29 is 19.1 Å². The van der Waals surface area contributed by atoms with Crippen LogP contribution in [0.25, 0.3) is 0 Å². The van der Waals surface area contributed by atoms with Gasteiger partial charge >= 0.3 is 12.1 Å². The van der Waals surface area contributed by atoms with Gasteiger partial charge in [-0.15, -0.1) is 0 Å². The molecule has 1 atom stereocenters. The lowest BCUT2D eigenvalue weighted by atomic mass is 9.99. The van der Waals surface area contributed by atoms with E-state index in [2.05, 4.69) is 6.92 Å². The molecule has 0 radical (unpaired) electrons. The van der Waals surface area contributed by atoms with Gasteiger partial charge in [0, 0.05) is 24.9 Å². The van der Waals surface area contributed by atoms with Gasteiger partial charge in [-0.25, -0.2) is 4.79 Å². The fourth-order valence-electron chi connectivity index (χ4n) is 3.78. The molecule has 2 rings (SSSR count). The lowest BCUT2D eigenvalue weighted by molar-refractivity contribution is -0.150. The Hall–Kier alpha value is -2.04. The van der Waals surface area contributed by atoms with Crippen molar-refractivity contribution in [1.29, 1.82) is 0 Å². The van der Waals surface area contributed by atoms with E-state index in [1.54, 1.807) is 4.90 Å². The van der Waals surface area contributed by atoms with E-state index in [1.165, 1.54) is 38.5 Å². The molecule has 30 heavy (non-hydrogen) atoms. The minimum absolute atomic E-state index is 0.147. The molecule has 1 amide bonds. The van der Waals surface area contributed by atoms with Gasteiger partial charge in [0.15, 0.2) is 0 Å². The molecular formula is C25H39NO4. The third kappa shape index (κ3) is 8.00. The molecule has 1 aromatic rings. The Kier molecular flexibility index (Phi) is 9.67. The number of benzene rings is 1. The van der Waals surface area contributed by atoms with Crippen molar-refractivity contribution in [3.8, 4) is 0 Å². The minimum Gasteiger partial charge on any atom is -0.457 e. The molecule has 1 aliphatic rings. The molecule has 0 spiro atoms. The monoisotopic (exact) mass is 417 g/mol. The molecule has 1 heterocycles. The van der Waals surface area contributed by atoms with Crippen LogP contribution in [0.1, 0.15) is 104 Å². The first-order chi connectivity index (χ1) is 14.3. The van der Waals surface area contributed by atoms with E-state index in [9.17, 15) is 9.59 Å². The highest BCUT2D eigenvalue weighted by molar-refractivity contribution is 5.89. The molecule has 5 nitrogen and oxygen atoms in total. The minimum atomic E-state index is -0.550. The second-order valence-corrected chi connectivity index (χ2v) is 9.18. The fraction of sp³-hybridized carbons (Fsp3) is 0.680. The van der Waals surface area contributed by atoms with Crippen molar-refractivity contribution in [2.45, 2.75) is 104 Å². The molecule has 0 bridgehead atoms. The Morgan fingerprint density at radius 2 is 1.63 bits per heavy atom. The zero-order chi connectivity index (χ0) is 22.0. The number of rotatable bonds is 10. The molecule has 0 N–H and O–H groups in total. The van der Waals surface area contributed by atoms with E-state index >= 15 is 0 Å². The van der Waals surface area contributed by atoms with Crippen LogP contribution in [0.3, 0.4) is 0 Å². The average Bonchev–Trinajstić information content (AvgIpc) is 2.69. The molecule has 0 saturated heterocycles. The topological polar surface area (TPSA) is 55.8 Å². The maximum atomic E-state index is 12.6. The lowest BCUT2D eigenvalue weighted by Crippen LogP contribution is -2.41. The van der Waals surface area contributed by atoms with Crippen molar-refractivity contribution in [3.05, 3.63) is 29.8 Å². The first-order valence-electron chi connectivity index (χ1n) is 11.6. The smallest absolute Gasteiger partial charge is 0.414 e. The third-order valence-corrected chi connectivity index (χ3v) is 5.31. The van der Waals surface area contributed by atoms with Crippen molar-refractivity contribution in [3.63, 3.8) is 0 Å². The summed E-state index contributed by atoms with van der Waals surface area (Å²) >= 11 is 0. The normalized spacial score (nSPS) is 16.1. The number of nitrogens with zero attached hydrogens (tertiary/aromatic N) is 1. The largest absolute Gasteiger partial charge is 0.457 e. The van der Waals surface area contributed by atoms with E-state index in [-0.39, 0.29) is 18.2 Å². The molecule has 5 heteroatoms. The molecule has 0 aromatic heterocycles. The van der Waals surface area contributed by atoms with E-state index in [0.29, 0.717) is 19.4 Å². The van der Waals surface area contributed by atoms with Crippen LogP contribution >= 0.6 is 0 Å². The summed E-state index contributed by atoms with van der Waals surface area (Å²) in [7, 11) is 0. The highest BCUT2D eigenvalue weighted by atomic mass is 16.6. The molecule has 0 saturated carbocycles. The number of ether oxygens (including phenoxy) is 2. The van der Waals surface area contributed by atoms with Crippen LogP contribution in [0.5, 0.6) is 0 Å². The number of amides is 1. The summed E-state index contributed by atoms with van der Waals surface area (Å²) in [4.78, 5) is 26.6. The SMILES string of the molecule is CCCCCCCCCCC(=O)O[C@@H]1CCN(C(=O)OC(C)(C)C)c2ccccc21. The van der Waals surface area contributed by atoms with Gasteiger partial charge in [-0.2, -0.15) is 0 Å². The summed E-state index contributed by atoms with van der Waals surface area (Å²) in [6, 6.07) is 7.62. The van der Waals surface area contributed by atoms with E-state index in [1.807, 2.05) is 45.0 Å². The van der Waals surface area contributed by atoms with Gasteiger partial charge < -0.3 is 9.47 Å². The number of hydrogen-bond acceptors (Lipinski definition) is 4. The zero-order valence-electron chi connectivity index (χ0n) is 19.2. The number of carbonyl (C=O) groups excluding carboxylic acids is 2. The maximum Gasteiger partial charge on any atom is 0.414 e. The standard InChI is InChI=1S/C25H39NO4/c1-5-6-7-8-9-10-11-12-17-23(27)29-22-18-19-26(24(28)30-25(2,3)4)21-16-14-13-15-20(21)22/h13-16,22H,5-12,17-19H2,1-4H3/t22-/m1/s1. The Labute approximate surface area is 182 Å². The Morgan fingerprint density at radius 1 is 1.00 bits per heavy atom. The predicted octanol–water partition coefficient (Wildman–Crippen LogP) is 6.95. The summed E-state index contributed by atoms with van der Waals surface area (Å²) < 4.78 is 11.3. The highest BCUT2D eigenvalue weighted by Crippen LogP contribution is 2.37. The fourth-order valence-corrected chi connectivity index (χ4v) is 3.78. The second-order valence-electron chi connectivity index (χ2n) is 9.18. The zero-order valence-corrected chi connectivity index (χ0v) is 19.2. The van der Waals surface area contributed by atoms with Gasteiger partial charge in [-0.3, -0.25) is 9.69 Å². The average molecular weight is 418 g/mol.